The fourth-order valence-corrected chi connectivity index (χ4v) is 4.04. The third-order valence-corrected chi connectivity index (χ3v) is 5.70. The van der Waals surface area contributed by atoms with Gasteiger partial charge in [-0.1, -0.05) is 67.6 Å². The van der Waals surface area contributed by atoms with E-state index >= 15 is 0 Å². The molecule has 1 aromatic heterocycles. The van der Waals surface area contributed by atoms with E-state index in [9.17, 15) is 9.59 Å². The molecule has 4 N–H and O–H groups in total. The van der Waals surface area contributed by atoms with Gasteiger partial charge in [0.15, 0.2) is 0 Å². The summed E-state index contributed by atoms with van der Waals surface area (Å²) in [6, 6.07) is 20.3. The second kappa shape index (κ2) is 9.89. The summed E-state index contributed by atoms with van der Waals surface area (Å²) in [5, 5.41) is 7.79. The van der Waals surface area contributed by atoms with E-state index in [1.54, 1.807) is 11.3 Å². The summed E-state index contributed by atoms with van der Waals surface area (Å²) in [7, 11) is 0. The summed E-state index contributed by atoms with van der Waals surface area (Å²) in [5.41, 5.74) is 8.43. The molecule has 3 aromatic rings. The van der Waals surface area contributed by atoms with Crippen molar-refractivity contribution in [1.82, 2.24) is 10.6 Å². The summed E-state index contributed by atoms with van der Waals surface area (Å²) in [6.45, 7) is 2.11. The lowest BCUT2D eigenvalue weighted by molar-refractivity contribution is -0.122. The molecule has 3 amide bonds. The Morgan fingerprint density at radius 2 is 1.66 bits per heavy atom. The number of nitrogens with one attached hydrogen (secondary N) is 2. The second-order valence-electron chi connectivity index (χ2n) is 6.79. The van der Waals surface area contributed by atoms with E-state index in [0.29, 0.717) is 0 Å². The van der Waals surface area contributed by atoms with E-state index < -0.39 is 12.1 Å². The molecular weight excluding hydrogens is 382 g/mol. The average molecular weight is 408 g/mol. The zero-order valence-corrected chi connectivity index (χ0v) is 17.1. The second-order valence-corrected chi connectivity index (χ2v) is 7.77. The maximum atomic E-state index is 12.9. The van der Waals surface area contributed by atoms with Gasteiger partial charge in [-0.15, -0.1) is 11.3 Å². The van der Waals surface area contributed by atoms with Crippen molar-refractivity contribution in [2.24, 2.45) is 5.73 Å². The number of amides is 3. The number of urea groups is 1. The highest BCUT2D eigenvalue weighted by Gasteiger charge is 2.22. The van der Waals surface area contributed by atoms with Gasteiger partial charge >= 0.3 is 6.03 Å². The summed E-state index contributed by atoms with van der Waals surface area (Å²) in [4.78, 5) is 25.4. The van der Waals surface area contributed by atoms with Crippen LogP contribution in [0.1, 0.15) is 47.0 Å². The minimum Gasteiger partial charge on any atom is -0.352 e. The highest BCUT2D eigenvalue weighted by atomic mass is 32.1. The van der Waals surface area contributed by atoms with Crippen LogP contribution in [0.5, 0.6) is 0 Å². The van der Waals surface area contributed by atoms with E-state index in [1.807, 2.05) is 47.8 Å². The molecule has 29 heavy (non-hydrogen) atoms. The van der Waals surface area contributed by atoms with Crippen LogP contribution in [0.2, 0.25) is 0 Å². The minimum absolute atomic E-state index is 0.0991. The molecular formula is C23H25N3O2S. The van der Waals surface area contributed by atoms with Gasteiger partial charge in [0.05, 0.1) is 18.5 Å². The Labute approximate surface area is 175 Å². The fraction of sp³-hybridized carbons (Fsp3) is 0.217. The highest BCUT2D eigenvalue weighted by molar-refractivity contribution is 7.10. The number of aryl methyl sites for hydroxylation is 1. The first-order valence-electron chi connectivity index (χ1n) is 9.59. The molecule has 0 saturated carbocycles. The number of carbonyl (C=O) groups is 2. The predicted octanol–water partition coefficient (Wildman–Crippen LogP) is 4.32. The van der Waals surface area contributed by atoms with Crippen molar-refractivity contribution in [2.45, 2.75) is 31.8 Å². The van der Waals surface area contributed by atoms with Crippen LogP contribution in [0, 0.1) is 0 Å². The zero-order valence-electron chi connectivity index (χ0n) is 16.3. The maximum Gasteiger partial charge on any atom is 0.312 e. The van der Waals surface area contributed by atoms with Gasteiger partial charge in [0.2, 0.25) is 5.91 Å². The van der Waals surface area contributed by atoms with Crippen molar-refractivity contribution in [1.29, 1.82) is 0 Å². The number of hydrogen-bond acceptors (Lipinski definition) is 3. The first kappa shape index (κ1) is 20.6. The Hall–Kier alpha value is -3.12. The first-order valence-corrected chi connectivity index (χ1v) is 10.5. The molecule has 1 heterocycles. The van der Waals surface area contributed by atoms with Crippen molar-refractivity contribution in [3.63, 3.8) is 0 Å². The van der Waals surface area contributed by atoms with Gasteiger partial charge in [0.25, 0.3) is 0 Å². The minimum atomic E-state index is -0.656. The Kier molecular flexibility index (Phi) is 7.03. The highest BCUT2D eigenvalue weighted by Crippen LogP contribution is 2.27. The molecule has 0 aliphatic rings. The lowest BCUT2D eigenvalue weighted by atomic mass is 10.0. The van der Waals surface area contributed by atoms with Crippen molar-refractivity contribution in [2.75, 3.05) is 0 Å². The SMILES string of the molecule is CCc1ccc([C@@H](NC(=O)C[C@@H](NC(N)=O)c2ccccc2)c2cccs2)cc1. The van der Waals surface area contributed by atoms with Crippen molar-refractivity contribution >= 4 is 23.3 Å². The smallest absolute Gasteiger partial charge is 0.312 e. The summed E-state index contributed by atoms with van der Waals surface area (Å²) in [5.74, 6) is -0.162. The number of rotatable bonds is 8. The van der Waals surface area contributed by atoms with Crippen LogP contribution in [0.15, 0.2) is 72.1 Å². The van der Waals surface area contributed by atoms with Gasteiger partial charge in [-0.3, -0.25) is 4.79 Å². The molecule has 0 fully saturated rings. The van der Waals surface area contributed by atoms with E-state index in [2.05, 4.69) is 41.8 Å². The van der Waals surface area contributed by atoms with Crippen LogP contribution in [-0.4, -0.2) is 11.9 Å². The number of hydrogen-bond donors (Lipinski definition) is 3. The van der Waals surface area contributed by atoms with E-state index in [-0.39, 0.29) is 18.4 Å². The Balaban J connectivity index is 1.79. The molecule has 2 atom stereocenters. The van der Waals surface area contributed by atoms with Crippen LogP contribution < -0.4 is 16.4 Å². The molecule has 0 spiro atoms. The van der Waals surface area contributed by atoms with Crippen LogP contribution in [0.4, 0.5) is 4.79 Å². The lowest BCUT2D eigenvalue weighted by Gasteiger charge is -2.22. The normalized spacial score (nSPS) is 12.7. The van der Waals surface area contributed by atoms with Gasteiger partial charge in [-0.2, -0.15) is 0 Å². The third kappa shape index (κ3) is 5.68. The first-order chi connectivity index (χ1) is 14.1. The predicted molar refractivity (Wildman–Crippen MR) is 117 cm³/mol. The number of primary amides is 1. The third-order valence-electron chi connectivity index (χ3n) is 4.76. The largest absolute Gasteiger partial charge is 0.352 e. The molecule has 0 bridgehead atoms. The zero-order chi connectivity index (χ0) is 20.6. The Morgan fingerprint density at radius 3 is 2.24 bits per heavy atom. The van der Waals surface area contributed by atoms with Gasteiger partial charge in [0, 0.05) is 4.88 Å². The Morgan fingerprint density at radius 1 is 0.931 bits per heavy atom. The van der Waals surface area contributed by atoms with E-state index in [4.69, 9.17) is 5.73 Å². The molecule has 0 radical (unpaired) electrons. The van der Waals surface area contributed by atoms with Crippen LogP contribution in [-0.2, 0) is 11.2 Å². The number of thiophene rings is 1. The molecule has 150 valence electrons. The molecule has 0 saturated heterocycles. The molecule has 6 heteroatoms. The van der Waals surface area contributed by atoms with Gasteiger partial charge < -0.3 is 16.4 Å². The molecule has 2 aromatic carbocycles. The van der Waals surface area contributed by atoms with Gasteiger partial charge in [-0.25, -0.2) is 4.79 Å². The fourth-order valence-electron chi connectivity index (χ4n) is 3.23. The molecule has 0 aliphatic heterocycles. The van der Waals surface area contributed by atoms with Crippen LogP contribution >= 0.6 is 11.3 Å². The van der Waals surface area contributed by atoms with E-state index in [0.717, 1.165) is 22.4 Å². The summed E-state index contributed by atoms with van der Waals surface area (Å²) >= 11 is 1.60. The summed E-state index contributed by atoms with van der Waals surface area (Å²) < 4.78 is 0. The van der Waals surface area contributed by atoms with Crippen molar-refractivity contribution < 1.29 is 9.59 Å². The number of carbonyl (C=O) groups excluding carboxylic acids is 2. The monoisotopic (exact) mass is 407 g/mol. The van der Waals surface area contributed by atoms with Crippen molar-refractivity contribution in [3.8, 4) is 0 Å². The van der Waals surface area contributed by atoms with Gasteiger partial charge in [0.1, 0.15) is 0 Å². The quantitative estimate of drug-likeness (QED) is 0.520. The van der Waals surface area contributed by atoms with Gasteiger partial charge in [-0.05, 0) is 34.6 Å². The van der Waals surface area contributed by atoms with Crippen molar-refractivity contribution in [3.05, 3.63) is 93.7 Å². The average Bonchev–Trinajstić information content (AvgIpc) is 3.26. The van der Waals surface area contributed by atoms with Crippen LogP contribution in [0.25, 0.3) is 0 Å². The Bertz CT molecular complexity index is 925. The molecule has 0 aliphatic carbocycles. The topological polar surface area (TPSA) is 84.2 Å². The van der Waals surface area contributed by atoms with E-state index in [1.165, 1.54) is 5.56 Å². The molecule has 5 nitrogen and oxygen atoms in total. The number of nitrogens with two attached hydrogens (primary N) is 1. The van der Waals surface area contributed by atoms with Crippen LogP contribution in [0.3, 0.4) is 0 Å². The molecule has 3 rings (SSSR count). The lowest BCUT2D eigenvalue weighted by Crippen LogP contribution is -2.37. The number of benzene rings is 2. The maximum absolute atomic E-state index is 12.9. The molecule has 0 unspecified atom stereocenters. The standard InChI is InChI=1S/C23H25N3O2S/c1-2-16-10-12-18(13-11-16)22(20-9-6-14-29-20)26-21(27)15-19(25-23(24)28)17-7-4-3-5-8-17/h3-14,19,22H,2,15H2,1H3,(H,26,27)(H3,24,25,28)/t19-,22-/m1/s1. The summed E-state index contributed by atoms with van der Waals surface area (Å²) in [6.07, 6.45) is 1.07.